The Hall–Kier alpha value is -3.93. The molecule has 1 atom stereocenters. The first-order valence-corrected chi connectivity index (χ1v) is 10.9. The molecular weight excluding hydrogens is 432 g/mol. The fourth-order valence-corrected chi connectivity index (χ4v) is 3.70. The topological polar surface area (TPSA) is 78.9 Å². The van der Waals surface area contributed by atoms with Gasteiger partial charge in [0.25, 0.3) is 0 Å². The fourth-order valence-electron chi connectivity index (χ4n) is 3.70. The van der Waals surface area contributed by atoms with E-state index in [4.69, 9.17) is 14.2 Å². The molecule has 2 aromatic rings. The van der Waals surface area contributed by atoms with Crippen molar-refractivity contribution in [2.24, 2.45) is 0 Å². The van der Waals surface area contributed by atoms with Gasteiger partial charge in [-0.15, -0.1) is 0 Å². The van der Waals surface area contributed by atoms with Crippen molar-refractivity contribution in [1.82, 2.24) is 0 Å². The van der Waals surface area contributed by atoms with Crippen LogP contribution in [0.1, 0.15) is 44.2 Å². The van der Waals surface area contributed by atoms with Crippen molar-refractivity contribution in [3.63, 3.8) is 0 Å². The lowest BCUT2D eigenvalue weighted by atomic mass is 9.94. The summed E-state index contributed by atoms with van der Waals surface area (Å²) >= 11 is 0. The molecule has 0 aliphatic heterocycles. The number of rotatable bonds is 8. The molecule has 0 bridgehead atoms. The molecule has 1 aliphatic carbocycles. The largest absolute Gasteiger partial charge is 0.462 e. The number of carbonyl (C=O) groups excluding carboxylic acids is 3. The summed E-state index contributed by atoms with van der Waals surface area (Å²) in [5, 5.41) is 0. The Labute approximate surface area is 199 Å². The van der Waals surface area contributed by atoms with Crippen LogP contribution >= 0.6 is 0 Å². The zero-order chi connectivity index (χ0) is 25.0. The lowest BCUT2D eigenvalue weighted by Crippen LogP contribution is -2.13. The monoisotopic (exact) mass is 460 g/mol. The van der Waals surface area contributed by atoms with Crippen LogP contribution in [0.15, 0.2) is 72.9 Å². The van der Waals surface area contributed by atoms with Crippen molar-refractivity contribution in [3.8, 4) is 22.6 Å². The first-order chi connectivity index (χ1) is 16.1. The van der Waals surface area contributed by atoms with Gasteiger partial charge in [0.15, 0.2) is 11.5 Å². The van der Waals surface area contributed by atoms with Crippen LogP contribution in [0.4, 0.5) is 0 Å². The van der Waals surface area contributed by atoms with Gasteiger partial charge < -0.3 is 14.2 Å². The number of carbonyl (C=O) groups is 3. The fraction of sp³-hybridized carbons (Fsp3) is 0.250. The van der Waals surface area contributed by atoms with Crippen LogP contribution in [0, 0.1) is 0 Å². The minimum atomic E-state index is -0.623. The van der Waals surface area contributed by atoms with Crippen LogP contribution in [-0.2, 0) is 25.5 Å². The Kier molecular flexibility index (Phi) is 7.51. The molecule has 1 unspecified atom stereocenters. The summed E-state index contributed by atoms with van der Waals surface area (Å²) in [6.45, 7) is 15.8. The summed E-state index contributed by atoms with van der Waals surface area (Å²) in [5.74, 6) is -1.31. The maximum Gasteiger partial charge on any atom is 0.338 e. The van der Waals surface area contributed by atoms with Crippen LogP contribution in [-0.4, -0.2) is 24.5 Å². The Morgan fingerprint density at radius 2 is 1.47 bits per heavy atom. The van der Waals surface area contributed by atoms with E-state index in [1.807, 2.05) is 24.3 Å². The van der Waals surface area contributed by atoms with E-state index in [9.17, 15) is 14.4 Å². The van der Waals surface area contributed by atoms with Crippen LogP contribution in [0.5, 0.6) is 11.5 Å². The van der Waals surface area contributed by atoms with Gasteiger partial charge in [0.1, 0.15) is 0 Å². The molecule has 3 rings (SSSR count). The van der Waals surface area contributed by atoms with Gasteiger partial charge in [0.05, 0.1) is 6.61 Å². The molecule has 0 amide bonds. The second kappa shape index (κ2) is 10.3. The van der Waals surface area contributed by atoms with E-state index in [1.165, 1.54) is 13.8 Å². The van der Waals surface area contributed by atoms with Crippen molar-refractivity contribution in [2.75, 3.05) is 6.61 Å². The van der Waals surface area contributed by atoms with Gasteiger partial charge in [-0.3, -0.25) is 0 Å². The van der Waals surface area contributed by atoms with Crippen molar-refractivity contribution in [1.29, 1.82) is 0 Å². The molecule has 1 aliphatic rings. The molecule has 2 aromatic carbocycles. The molecule has 0 N–H and O–H groups in total. The third kappa shape index (κ3) is 5.52. The highest BCUT2D eigenvalue weighted by atomic mass is 16.6. The summed E-state index contributed by atoms with van der Waals surface area (Å²) in [7, 11) is 0. The maximum absolute atomic E-state index is 12.2. The molecular formula is C28H28O6. The summed E-state index contributed by atoms with van der Waals surface area (Å²) in [4.78, 5) is 36.1. The average Bonchev–Trinajstić information content (AvgIpc) is 3.21. The highest BCUT2D eigenvalue weighted by Crippen LogP contribution is 2.41. The highest BCUT2D eigenvalue weighted by Gasteiger charge is 2.27. The van der Waals surface area contributed by atoms with Gasteiger partial charge in [-0.25, -0.2) is 14.4 Å². The molecule has 6 nitrogen and oxygen atoms in total. The number of benzene rings is 2. The van der Waals surface area contributed by atoms with Gasteiger partial charge in [-0.1, -0.05) is 44.0 Å². The molecule has 0 aromatic heterocycles. The molecule has 6 heteroatoms. The van der Waals surface area contributed by atoms with E-state index >= 15 is 0 Å². The standard InChI is InChI=1S/C28H28O6/c1-16(2)26(29)32-15-20-10-12-23-21(8-7-9-22(20)23)19-11-13-24(33-27(30)17(3)4)25(14-19)34-28(31)18(5)6/h7-9,11,13-14,20H,1,3,5,10,12,15H2,2,4,6H3. The third-order valence-corrected chi connectivity index (χ3v) is 5.52. The van der Waals surface area contributed by atoms with E-state index in [0.717, 1.165) is 35.1 Å². The SMILES string of the molecule is C=C(C)C(=O)OCC1CCc2c(-c3ccc(OC(=O)C(=C)C)c(OC(=O)C(=C)C)c3)cccc21. The number of hydrogen-bond donors (Lipinski definition) is 0. The Morgan fingerprint density at radius 3 is 2.09 bits per heavy atom. The Morgan fingerprint density at radius 1 is 0.853 bits per heavy atom. The number of esters is 3. The smallest absolute Gasteiger partial charge is 0.338 e. The van der Waals surface area contributed by atoms with Crippen LogP contribution in [0.25, 0.3) is 11.1 Å². The molecule has 0 spiro atoms. The summed E-state index contributed by atoms with van der Waals surface area (Å²) in [6.07, 6.45) is 1.66. The van der Waals surface area contributed by atoms with E-state index in [2.05, 4.69) is 19.7 Å². The Bertz CT molecular complexity index is 1200. The molecule has 0 radical (unpaired) electrons. The van der Waals surface area contributed by atoms with Crippen LogP contribution in [0.2, 0.25) is 0 Å². The first-order valence-electron chi connectivity index (χ1n) is 10.9. The molecule has 0 fully saturated rings. The second-order valence-electron chi connectivity index (χ2n) is 8.49. The molecule has 176 valence electrons. The van der Waals surface area contributed by atoms with Gasteiger partial charge >= 0.3 is 17.9 Å². The van der Waals surface area contributed by atoms with E-state index < -0.39 is 17.9 Å². The van der Waals surface area contributed by atoms with Crippen molar-refractivity contribution < 1.29 is 28.6 Å². The minimum Gasteiger partial charge on any atom is -0.462 e. The predicted octanol–water partition coefficient (Wildman–Crippen LogP) is 5.47. The van der Waals surface area contributed by atoms with Crippen molar-refractivity contribution >= 4 is 17.9 Å². The van der Waals surface area contributed by atoms with E-state index in [0.29, 0.717) is 12.2 Å². The van der Waals surface area contributed by atoms with Gasteiger partial charge in [-0.2, -0.15) is 0 Å². The zero-order valence-corrected chi connectivity index (χ0v) is 19.7. The van der Waals surface area contributed by atoms with E-state index in [1.54, 1.807) is 19.1 Å². The van der Waals surface area contributed by atoms with Crippen LogP contribution < -0.4 is 9.47 Å². The maximum atomic E-state index is 12.2. The highest BCUT2D eigenvalue weighted by molar-refractivity contribution is 5.91. The summed E-state index contributed by atoms with van der Waals surface area (Å²) in [5.41, 5.74) is 4.84. The summed E-state index contributed by atoms with van der Waals surface area (Å²) in [6, 6.07) is 11.0. The first kappa shape index (κ1) is 24.7. The molecule has 0 saturated heterocycles. The molecule has 0 saturated carbocycles. The quantitative estimate of drug-likeness (QED) is 0.295. The van der Waals surface area contributed by atoms with Gasteiger partial charge in [0, 0.05) is 22.6 Å². The number of ether oxygens (including phenoxy) is 3. The van der Waals surface area contributed by atoms with Crippen LogP contribution in [0.3, 0.4) is 0 Å². The van der Waals surface area contributed by atoms with Crippen molar-refractivity contribution in [3.05, 3.63) is 84.0 Å². The van der Waals surface area contributed by atoms with Gasteiger partial charge in [0.2, 0.25) is 0 Å². The van der Waals surface area contributed by atoms with Gasteiger partial charge in [-0.05, 0) is 68.0 Å². The molecule has 34 heavy (non-hydrogen) atoms. The normalized spacial score (nSPS) is 14.0. The third-order valence-electron chi connectivity index (χ3n) is 5.52. The number of hydrogen-bond acceptors (Lipinski definition) is 6. The second-order valence-corrected chi connectivity index (χ2v) is 8.49. The minimum absolute atomic E-state index is 0.0924. The van der Waals surface area contributed by atoms with E-state index in [-0.39, 0.29) is 28.6 Å². The zero-order valence-electron chi connectivity index (χ0n) is 19.7. The average molecular weight is 461 g/mol. The molecule has 0 heterocycles. The Balaban J connectivity index is 1.95. The lowest BCUT2D eigenvalue weighted by Gasteiger charge is -2.15. The lowest BCUT2D eigenvalue weighted by molar-refractivity contribution is -0.139. The van der Waals surface area contributed by atoms with Crippen molar-refractivity contribution in [2.45, 2.75) is 39.5 Å². The number of fused-ring (bicyclic) bond motifs is 1. The summed E-state index contributed by atoms with van der Waals surface area (Å²) < 4.78 is 16.2. The predicted molar refractivity (Wildman–Crippen MR) is 130 cm³/mol.